The second kappa shape index (κ2) is 7.97. The topological polar surface area (TPSA) is 100 Å². The fourth-order valence-corrected chi connectivity index (χ4v) is 4.34. The molecule has 1 unspecified atom stereocenters. The van der Waals surface area contributed by atoms with E-state index in [9.17, 15) is 0 Å². The van der Waals surface area contributed by atoms with Crippen molar-refractivity contribution < 1.29 is 0 Å². The van der Waals surface area contributed by atoms with Gasteiger partial charge < -0.3 is 14.8 Å². The third kappa shape index (κ3) is 3.90. The third-order valence-corrected chi connectivity index (χ3v) is 6.06. The smallest absolute Gasteiger partial charge is 0.227 e. The van der Waals surface area contributed by atoms with Gasteiger partial charge in [0.05, 0.1) is 34.8 Å². The van der Waals surface area contributed by atoms with E-state index in [-0.39, 0.29) is 6.04 Å². The number of hydrogen-bond acceptors (Lipinski definition) is 7. The van der Waals surface area contributed by atoms with Gasteiger partial charge in [-0.15, -0.1) is 0 Å². The number of fused-ring (bicyclic) bond motifs is 2. The molecule has 11 heteroatoms. The summed E-state index contributed by atoms with van der Waals surface area (Å²) in [6.07, 6.45) is 8.05. The van der Waals surface area contributed by atoms with E-state index < -0.39 is 0 Å². The molecule has 0 amide bonds. The highest BCUT2D eigenvalue weighted by Crippen LogP contribution is 2.28. The molecule has 0 spiro atoms. The van der Waals surface area contributed by atoms with Crippen LogP contribution in [0.3, 0.4) is 0 Å². The fourth-order valence-electron chi connectivity index (χ4n) is 3.90. The fraction of sp³-hybridized carbons (Fsp3) is 0.350. The van der Waals surface area contributed by atoms with Gasteiger partial charge in [-0.1, -0.05) is 23.2 Å². The highest BCUT2D eigenvalue weighted by molar-refractivity contribution is 6.34. The molecular weight excluding hydrogens is 437 g/mol. The van der Waals surface area contributed by atoms with Gasteiger partial charge in [-0.3, -0.25) is 10.1 Å². The van der Waals surface area contributed by atoms with Gasteiger partial charge in [0.15, 0.2) is 17.0 Å². The van der Waals surface area contributed by atoms with Crippen LogP contribution in [0.5, 0.6) is 0 Å². The summed E-state index contributed by atoms with van der Waals surface area (Å²) in [6, 6.07) is 1.93. The van der Waals surface area contributed by atoms with Crippen LogP contribution in [0.15, 0.2) is 24.8 Å². The van der Waals surface area contributed by atoms with Crippen molar-refractivity contribution in [2.45, 2.75) is 31.8 Å². The molecule has 4 aromatic rings. The summed E-state index contributed by atoms with van der Waals surface area (Å²) in [6.45, 7) is 0.458. The zero-order valence-corrected chi connectivity index (χ0v) is 18.6. The number of pyridine rings is 1. The lowest BCUT2D eigenvalue weighted by Gasteiger charge is -2.24. The summed E-state index contributed by atoms with van der Waals surface area (Å²) in [4.78, 5) is 20.4. The molecule has 1 aliphatic rings. The van der Waals surface area contributed by atoms with Crippen LogP contribution in [0, 0.1) is 0 Å². The number of halogens is 2. The third-order valence-electron chi connectivity index (χ3n) is 5.52. The Labute approximate surface area is 188 Å². The molecule has 0 saturated carbocycles. The number of anilines is 2. The van der Waals surface area contributed by atoms with E-state index in [1.165, 1.54) is 11.3 Å². The molecule has 4 heterocycles. The Kier molecular flexibility index (Phi) is 5.15. The Morgan fingerprint density at radius 1 is 1.26 bits per heavy atom. The summed E-state index contributed by atoms with van der Waals surface area (Å²) in [5.41, 5.74) is 4.65. The second-order valence-electron chi connectivity index (χ2n) is 7.79. The summed E-state index contributed by atoms with van der Waals surface area (Å²) in [7, 11) is 3.86. The molecule has 0 aromatic carbocycles. The van der Waals surface area contributed by atoms with Crippen LogP contribution in [-0.2, 0) is 26.4 Å². The van der Waals surface area contributed by atoms with E-state index >= 15 is 0 Å². The normalized spacial score (nSPS) is 15.8. The van der Waals surface area contributed by atoms with Crippen molar-refractivity contribution >= 4 is 46.1 Å². The lowest BCUT2D eigenvalue weighted by molar-refractivity contribution is 0.600. The first-order chi connectivity index (χ1) is 15.0. The molecular formula is C20H21Cl2N9. The quantitative estimate of drug-likeness (QED) is 0.473. The zero-order chi connectivity index (χ0) is 21.5. The van der Waals surface area contributed by atoms with Gasteiger partial charge in [-0.05, 0) is 30.9 Å². The number of nitrogens with zero attached hydrogens (tertiary/aromatic N) is 7. The molecule has 4 aromatic heterocycles. The van der Waals surface area contributed by atoms with Gasteiger partial charge in [0.1, 0.15) is 0 Å². The van der Waals surface area contributed by atoms with Crippen molar-refractivity contribution in [3.05, 3.63) is 51.8 Å². The number of rotatable bonds is 5. The average Bonchev–Trinajstić information content (AvgIpc) is 3.36. The molecule has 0 radical (unpaired) electrons. The number of imidazole rings is 1. The van der Waals surface area contributed by atoms with E-state index in [4.69, 9.17) is 33.2 Å². The molecule has 5 rings (SSSR count). The van der Waals surface area contributed by atoms with Crippen molar-refractivity contribution in [1.29, 1.82) is 0 Å². The molecule has 2 N–H and O–H groups in total. The van der Waals surface area contributed by atoms with Crippen molar-refractivity contribution in [2.75, 3.05) is 17.3 Å². The van der Waals surface area contributed by atoms with Gasteiger partial charge in [-0.25, -0.2) is 4.98 Å². The summed E-state index contributed by atoms with van der Waals surface area (Å²) >= 11 is 12.3. The minimum absolute atomic E-state index is 0.237. The van der Waals surface area contributed by atoms with Crippen LogP contribution in [0.1, 0.15) is 23.4 Å². The second-order valence-corrected chi connectivity index (χ2v) is 8.64. The Balaban J connectivity index is 1.45. The molecule has 0 saturated heterocycles. The number of H-pyrrole nitrogens is 1. The predicted molar refractivity (Wildman–Crippen MR) is 121 cm³/mol. The number of aromatic nitrogens is 7. The maximum atomic E-state index is 6.33. The molecule has 0 bridgehead atoms. The first-order valence-electron chi connectivity index (χ1n) is 9.95. The van der Waals surface area contributed by atoms with Crippen molar-refractivity contribution in [2.24, 2.45) is 7.05 Å². The van der Waals surface area contributed by atoms with Crippen LogP contribution in [-0.4, -0.2) is 47.8 Å². The zero-order valence-electron chi connectivity index (χ0n) is 17.1. The van der Waals surface area contributed by atoms with E-state index in [0.29, 0.717) is 34.1 Å². The SMILES string of the molecule is CN(Cc1ncc(Cl)cc1Cl)c1nc(NC2CCc3[nH]ncc3C2)nc2c1ncn2C. The van der Waals surface area contributed by atoms with Crippen LogP contribution in [0.2, 0.25) is 10.0 Å². The van der Waals surface area contributed by atoms with E-state index in [0.717, 1.165) is 30.4 Å². The lowest BCUT2D eigenvalue weighted by Crippen LogP contribution is -2.28. The maximum absolute atomic E-state index is 6.33. The lowest BCUT2D eigenvalue weighted by atomic mass is 9.94. The van der Waals surface area contributed by atoms with Crippen molar-refractivity contribution in [3.63, 3.8) is 0 Å². The molecule has 160 valence electrons. The van der Waals surface area contributed by atoms with Crippen molar-refractivity contribution in [1.82, 2.24) is 34.7 Å². The van der Waals surface area contributed by atoms with Gasteiger partial charge in [0, 0.05) is 32.0 Å². The summed E-state index contributed by atoms with van der Waals surface area (Å²) in [5, 5.41) is 11.8. The van der Waals surface area contributed by atoms with Gasteiger partial charge in [-0.2, -0.15) is 15.1 Å². The van der Waals surface area contributed by atoms with Crippen LogP contribution < -0.4 is 10.2 Å². The van der Waals surface area contributed by atoms with Gasteiger partial charge >= 0.3 is 0 Å². The standard InChI is InChI=1S/C20H21Cl2N9/c1-30(9-16-14(22)6-12(21)8-23-16)18-17-19(31(2)10-24-17)28-20(27-18)26-13-3-4-15-11(5-13)7-25-29-15/h6-8,10,13H,3-5,9H2,1-2H3,(H,25,29)(H,26,27,28). The number of aryl methyl sites for hydroxylation is 2. The number of aromatic amines is 1. The number of nitrogens with one attached hydrogen (secondary N) is 2. The van der Waals surface area contributed by atoms with E-state index in [2.05, 4.69) is 25.5 Å². The highest BCUT2D eigenvalue weighted by atomic mass is 35.5. The Hall–Kier alpha value is -2.91. The minimum atomic E-state index is 0.237. The monoisotopic (exact) mass is 457 g/mol. The van der Waals surface area contributed by atoms with E-state index in [1.807, 2.05) is 29.8 Å². The Morgan fingerprint density at radius 2 is 2.13 bits per heavy atom. The summed E-state index contributed by atoms with van der Waals surface area (Å²) in [5.74, 6) is 1.28. The highest BCUT2D eigenvalue weighted by Gasteiger charge is 2.23. The maximum Gasteiger partial charge on any atom is 0.227 e. The molecule has 1 aliphatic carbocycles. The molecule has 1 atom stereocenters. The number of hydrogen-bond donors (Lipinski definition) is 2. The molecule has 0 aliphatic heterocycles. The van der Waals surface area contributed by atoms with Gasteiger partial charge in [0.25, 0.3) is 0 Å². The largest absolute Gasteiger partial charge is 0.352 e. The predicted octanol–water partition coefficient (Wildman–Crippen LogP) is 3.39. The molecule has 31 heavy (non-hydrogen) atoms. The van der Waals surface area contributed by atoms with Crippen molar-refractivity contribution in [3.8, 4) is 0 Å². The first-order valence-corrected chi connectivity index (χ1v) is 10.7. The molecule has 0 fully saturated rings. The van der Waals surface area contributed by atoms with Crippen LogP contribution in [0.4, 0.5) is 11.8 Å². The average molecular weight is 458 g/mol. The van der Waals surface area contributed by atoms with E-state index in [1.54, 1.807) is 18.6 Å². The van der Waals surface area contributed by atoms with Gasteiger partial charge in [0.2, 0.25) is 5.95 Å². The minimum Gasteiger partial charge on any atom is -0.352 e. The van der Waals surface area contributed by atoms with Crippen LogP contribution >= 0.6 is 23.2 Å². The summed E-state index contributed by atoms with van der Waals surface area (Å²) < 4.78 is 1.89. The first kappa shape index (κ1) is 20.0. The Morgan fingerprint density at radius 3 is 2.97 bits per heavy atom. The Bertz CT molecular complexity index is 1250. The van der Waals surface area contributed by atoms with Crippen LogP contribution in [0.25, 0.3) is 11.2 Å². The molecule has 9 nitrogen and oxygen atoms in total.